The van der Waals surface area contributed by atoms with Crippen molar-refractivity contribution in [1.29, 1.82) is 0 Å². The van der Waals surface area contributed by atoms with E-state index in [9.17, 15) is 0 Å². The van der Waals surface area contributed by atoms with E-state index in [1.54, 1.807) is 14.2 Å². The molecule has 0 aromatic heterocycles. The number of methoxy groups -OCH3 is 2. The monoisotopic (exact) mass is 383 g/mol. The lowest BCUT2D eigenvalue weighted by atomic mass is 9.97. The maximum Gasteiger partial charge on any atom is 0.124 e. The molecule has 0 fully saturated rings. The van der Waals surface area contributed by atoms with Crippen molar-refractivity contribution in [1.82, 2.24) is 5.32 Å². The highest BCUT2D eigenvalue weighted by atomic mass is 127. The Labute approximate surface area is 133 Å². The molecule has 3 nitrogen and oxygen atoms in total. The molecule has 0 saturated carbocycles. The van der Waals surface area contributed by atoms with Crippen LogP contribution >= 0.6 is 22.6 Å². The van der Waals surface area contributed by atoms with Crippen LogP contribution in [0.25, 0.3) is 0 Å². The Kier molecular flexibility index (Phi) is 5.25. The molecular formula is C16H18INO2. The van der Waals surface area contributed by atoms with Crippen LogP contribution in [0.15, 0.2) is 42.5 Å². The molecule has 2 aromatic carbocycles. The highest BCUT2D eigenvalue weighted by molar-refractivity contribution is 14.1. The van der Waals surface area contributed by atoms with Crippen LogP contribution in [0.2, 0.25) is 0 Å². The minimum Gasteiger partial charge on any atom is -0.497 e. The maximum atomic E-state index is 5.49. The summed E-state index contributed by atoms with van der Waals surface area (Å²) in [5.74, 6) is 1.68. The molecule has 0 spiro atoms. The Balaban J connectivity index is 2.54. The van der Waals surface area contributed by atoms with Gasteiger partial charge in [0.15, 0.2) is 0 Å². The van der Waals surface area contributed by atoms with Crippen molar-refractivity contribution in [2.24, 2.45) is 0 Å². The van der Waals surface area contributed by atoms with Crippen LogP contribution < -0.4 is 14.8 Å². The van der Waals surface area contributed by atoms with Gasteiger partial charge in [0.1, 0.15) is 11.5 Å². The first-order valence-electron chi connectivity index (χ1n) is 6.35. The highest BCUT2D eigenvalue weighted by Crippen LogP contribution is 2.34. The van der Waals surface area contributed by atoms with Gasteiger partial charge in [0.25, 0.3) is 0 Å². The lowest BCUT2D eigenvalue weighted by Gasteiger charge is -2.21. The smallest absolute Gasteiger partial charge is 0.124 e. The van der Waals surface area contributed by atoms with E-state index in [0.29, 0.717) is 0 Å². The van der Waals surface area contributed by atoms with Gasteiger partial charge in [-0.05, 0) is 59.5 Å². The maximum absolute atomic E-state index is 5.49. The number of halogens is 1. The predicted octanol–water partition coefficient (Wildman–Crippen LogP) is 3.62. The van der Waals surface area contributed by atoms with Crippen molar-refractivity contribution in [3.05, 3.63) is 57.2 Å². The Morgan fingerprint density at radius 1 is 1.00 bits per heavy atom. The third-order valence-electron chi connectivity index (χ3n) is 3.25. The number of benzene rings is 2. The fourth-order valence-corrected chi connectivity index (χ4v) is 2.95. The minimum absolute atomic E-state index is 0.0631. The zero-order valence-electron chi connectivity index (χ0n) is 11.8. The Bertz CT molecular complexity index is 586. The van der Waals surface area contributed by atoms with Crippen LogP contribution in [0, 0.1) is 3.57 Å². The summed E-state index contributed by atoms with van der Waals surface area (Å²) in [7, 11) is 5.31. The van der Waals surface area contributed by atoms with Crippen molar-refractivity contribution < 1.29 is 9.47 Å². The predicted molar refractivity (Wildman–Crippen MR) is 89.6 cm³/mol. The molecule has 0 bridgehead atoms. The number of nitrogens with one attached hydrogen (secondary N) is 1. The van der Waals surface area contributed by atoms with Gasteiger partial charge < -0.3 is 14.8 Å². The number of rotatable bonds is 5. The van der Waals surface area contributed by atoms with E-state index in [4.69, 9.17) is 9.47 Å². The molecule has 20 heavy (non-hydrogen) atoms. The van der Waals surface area contributed by atoms with Crippen molar-refractivity contribution in [2.45, 2.75) is 6.04 Å². The molecule has 0 aliphatic heterocycles. The number of hydrogen-bond acceptors (Lipinski definition) is 3. The SMILES string of the molecule is CNC(c1ccccc1I)c1cc(OC)ccc1OC. The van der Waals surface area contributed by atoms with Crippen LogP contribution in [0.5, 0.6) is 11.5 Å². The third-order valence-corrected chi connectivity index (χ3v) is 4.24. The first-order valence-corrected chi connectivity index (χ1v) is 7.42. The number of hydrogen-bond donors (Lipinski definition) is 1. The summed E-state index contributed by atoms with van der Waals surface area (Å²) >= 11 is 2.36. The van der Waals surface area contributed by atoms with E-state index in [0.717, 1.165) is 17.1 Å². The van der Waals surface area contributed by atoms with Gasteiger partial charge in [-0.2, -0.15) is 0 Å². The summed E-state index contributed by atoms with van der Waals surface area (Å²) in [5.41, 5.74) is 2.29. The van der Waals surface area contributed by atoms with Crippen LogP contribution in [0.4, 0.5) is 0 Å². The van der Waals surface area contributed by atoms with E-state index in [1.165, 1.54) is 9.13 Å². The molecule has 0 saturated heterocycles. The first kappa shape index (κ1) is 15.1. The van der Waals surface area contributed by atoms with Crippen LogP contribution in [-0.2, 0) is 0 Å². The molecule has 0 aliphatic carbocycles. The average Bonchev–Trinajstić information content (AvgIpc) is 2.49. The number of ether oxygens (including phenoxy) is 2. The van der Waals surface area contributed by atoms with Crippen molar-refractivity contribution in [3.8, 4) is 11.5 Å². The molecule has 1 atom stereocenters. The second-order valence-corrected chi connectivity index (χ2v) is 5.51. The van der Waals surface area contributed by atoms with E-state index in [2.05, 4.69) is 46.1 Å². The van der Waals surface area contributed by atoms with E-state index in [-0.39, 0.29) is 6.04 Å². The van der Waals surface area contributed by atoms with Gasteiger partial charge >= 0.3 is 0 Å². The zero-order chi connectivity index (χ0) is 14.5. The standard InChI is InChI=1S/C16H18INO2/c1-18-16(12-6-4-5-7-14(12)17)13-10-11(19-2)8-9-15(13)20-3/h4-10,16,18H,1-3H3. The van der Waals surface area contributed by atoms with Gasteiger partial charge in [0.2, 0.25) is 0 Å². The van der Waals surface area contributed by atoms with Gasteiger partial charge in [-0.15, -0.1) is 0 Å². The first-order chi connectivity index (χ1) is 9.71. The Morgan fingerprint density at radius 3 is 2.35 bits per heavy atom. The van der Waals surface area contributed by atoms with E-state index < -0.39 is 0 Å². The van der Waals surface area contributed by atoms with Gasteiger partial charge in [-0.3, -0.25) is 0 Å². The quantitative estimate of drug-likeness (QED) is 0.801. The van der Waals surface area contributed by atoms with Gasteiger partial charge in [-0.25, -0.2) is 0 Å². The molecule has 0 amide bonds. The van der Waals surface area contributed by atoms with Crippen LogP contribution in [0.3, 0.4) is 0 Å². The molecular weight excluding hydrogens is 365 g/mol. The molecule has 4 heteroatoms. The molecule has 0 heterocycles. The van der Waals surface area contributed by atoms with Gasteiger partial charge in [0, 0.05) is 9.13 Å². The highest BCUT2D eigenvalue weighted by Gasteiger charge is 2.19. The van der Waals surface area contributed by atoms with Crippen LogP contribution in [-0.4, -0.2) is 21.3 Å². The second kappa shape index (κ2) is 6.95. The Morgan fingerprint density at radius 2 is 1.75 bits per heavy atom. The normalized spacial score (nSPS) is 12.0. The molecule has 1 unspecified atom stereocenters. The van der Waals surface area contributed by atoms with Crippen molar-refractivity contribution in [3.63, 3.8) is 0 Å². The van der Waals surface area contributed by atoms with Crippen molar-refractivity contribution in [2.75, 3.05) is 21.3 Å². The summed E-state index contributed by atoms with van der Waals surface area (Å²) < 4.78 is 12.0. The summed E-state index contributed by atoms with van der Waals surface area (Å²) in [6, 6.07) is 14.3. The Hall–Kier alpha value is -1.27. The summed E-state index contributed by atoms with van der Waals surface area (Å²) in [5, 5.41) is 3.36. The summed E-state index contributed by atoms with van der Waals surface area (Å²) in [4.78, 5) is 0. The molecule has 1 N–H and O–H groups in total. The van der Waals surface area contributed by atoms with Crippen molar-refractivity contribution >= 4 is 22.6 Å². The summed E-state index contributed by atoms with van der Waals surface area (Å²) in [6.45, 7) is 0. The second-order valence-electron chi connectivity index (χ2n) is 4.35. The molecule has 0 aliphatic rings. The minimum atomic E-state index is 0.0631. The third kappa shape index (κ3) is 3.07. The molecule has 2 aromatic rings. The van der Waals surface area contributed by atoms with Gasteiger partial charge in [0.05, 0.1) is 20.3 Å². The lowest BCUT2D eigenvalue weighted by molar-refractivity contribution is 0.395. The molecule has 106 valence electrons. The average molecular weight is 383 g/mol. The zero-order valence-corrected chi connectivity index (χ0v) is 14.0. The van der Waals surface area contributed by atoms with E-state index in [1.807, 2.05) is 31.3 Å². The van der Waals surface area contributed by atoms with Gasteiger partial charge in [-0.1, -0.05) is 18.2 Å². The fourth-order valence-electron chi connectivity index (χ4n) is 2.25. The topological polar surface area (TPSA) is 30.5 Å². The molecule has 2 rings (SSSR count). The lowest BCUT2D eigenvalue weighted by Crippen LogP contribution is -2.19. The van der Waals surface area contributed by atoms with Crippen LogP contribution in [0.1, 0.15) is 17.2 Å². The van der Waals surface area contributed by atoms with E-state index >= 15 is 0 Å². The fraction of sp³-hybridized carbons (Fsp3) is 0.250. The summed E-state index contributed by atoms with van der Waals surface area (Å²) in [6.07, 6.45) is 0. The largest absolute Gasteiger partial charge is 0.497 e. The molecule has 0 radical (unpaired) electrons.